The third-order valence-electron chi connectivity index (χ3n) is 4.44. The molecule has 0 amide bonds. The second kappa shape index (κ2) is 7.66. The monoisotopic (exact) mass is 368 g/mol. The lowest BCUT2D eigenvalue weighted by Gasteiger charge is -2.43. The van der Waals surface area contributed by atoms with Gasteiger partial charge >= 0.3 is 11.9 Å². The number of thiophene rings is 1. The summed E-state index contributed by atoms with van der Waals surface area (Å²) in [7, 11) is 0. The molecule has 1 aliphatic carbocycles. The molecular weight excluding hydrogens is 344 g/mol. The maximum Gasteiger partial charge on any atom is 0.317 e. The minimum Gasteiger partial charge on any atom is -0.466 e. The second-order valence-electron chi connectivity index (χ2n) is 6.43. The van der Waals surface area contributed by atoms with Crippen molar-refractivity contribution in [3.05, 3.63) is 21.9 Å². The van der Waals surface area contributed by atoms with Crippen LogP contribution in [0.2, 0.25) is 0 Å². The number of Topliss-reactive ketones (excluding diaryl/α,β-unsaturated/α-hetero) is 1. The van der Waals surface area contributed by atoms with Crippen molar-refractivity contribution in [3.8, 4) is 0 Å². The van der Waals surface area contributed by atoms with Crippen LogP contribution in [0, 0.1) is 18.8 Å². The van der Waals surface area contributed by atoms with Gasteiger partial charge in [0.1, 0.15) is 5.92 Å². The van der Waals surface area contributed by atoms with Gasteiger partial charge in [0.05, 0.1) is 24.7 Å². The Kier molecular flexibility index (Phi) is 6.00. The minimum atomic E-state index is -1.59. The minimum absolute atomic E-state index is 0.138. The largest absolute Gasteiger partial charge is 0.466 e. The van der Waals surface area contributed by atoms with Crippen molar-refractivity contribution in [3.63, 3.8) is 0 Å². The van der Waals surface area contributed by atoms with Gasteiger partial charge in [0.15, 0.2) is 5.78 Å². The first kappa shape index (κ1) is 19.6. The SMILES string of the molecule is CCOC(=O)[C@H]1C(=O)C[C@@](C)(O)[C@@H](C(=O)OCC)[C@@H]1c1ccc(C)s1. The number of hydrogen-bond acceptors (Lipinski definition) is 7. The fourth-order valence-electron chi connectivity index (χ4n) is 3.46. The van der Waals surface area contributed by atoms with Gasteiger partial charge in [0.25, 0.3) is 0 Å². The van der Waals surface area contributed by atoms with Gasteiger partial charge in [0.2, 0.25) is 0 Å². The normalized spacial score (nSPS) is 29.3. The summed E-state index contributed by atoms with van der Waals surface area (Å²) in [5.41, 5.74) is -1.59. The maximum absolute atomic E-state index is 12.6. The number of aliphatic hydroxyl groups is 1. The van der Waals surface area contributed by atoms with E-state index in [0.717, 1.165) is 4.88 Å². The molecule has 1 aromatic rings. The Labute approximate surface area is 151 Å². The number of aryl methyl sites for hydroxylation is 1. The van der Waals surface area contributed by atoms with Crippen molar-refractivity contribution in [1.29, 1.82) is 0 Å². The second-order valence-corrected chi connectivity index (χ2v) is 7.75. The molecule has 0 unspecified atom stereocenters. The number of ketones is 1. The molecule has 1 aromatic heterocycles. The number of carbonyl (C=O) groups excluding carboxylic acids is 3. The third-order valence-corrected chi connectivity index (χ3v) is 5.54. The highest BCUT2D eigenvalue weighted by Crippen LogP contribution is 2.48. The zero-order chi connectivity index (χ0) is 18.8. The van der Waals surface area contributed by atoms with Crippen LogP contribution in [0.5, 0.6) is 0 Å². The van der Waals surface area contributed by atoms with Crippen LogP contribution < -0.4 is 0 Å². The van der Waals surface area contributed by atoms with Crippen LogP contribution in [0.15, 0.2) is 12.1 Å². The van der Waals surface area contributed by atoms with E-state index < -0.39 is 41.1 Å². The topological polar surface area (TPSA) is 89.9 Å². The Bertz CT molecular complexity index is 662. The molecule has 1 N–H and O–H groups in total. The maximum atomic E-state index is 12.6. The first-order valence-electron chi connectivity index (χ1n) is 8.37. The molecule has 0 bridgehead atoms. The van der Waals surface area contributed by atoms with Crippen LogP contribution in [-0.2, 0) is 23.9 Å². The fraction of sp³-hybridized carbons (Fsp3) is 0.611. The highest BCUT2D eigenvalue weighted by Gasteiger charge is 2.57. The van der Waals surface area contributed by atoms with Crippen LogP contribution in [0.4, 0.5) is 0 Å². The van der Waals surface area contributed by atoms with Crippen molar-refractivity contribution in [2.24, 2.45) is 11.8 Å². The van der Waals surface area contributed by atoms with Gasteiger partial charge in [-0.1, -0.05) is 0 Å². The van der Waals surface area contributed by atoms with E-state index in [2.05, 4.69) is 0 Å². The average molecular weight is 368 g/mol. The van der Waals surface area contributed by atoms with E-state index in [1.54, 1.807) is 19.9 Å². The van der Waals surface area contributed by atoms with E-state index in [1.807, 2.05) is 13.0 Å². The lowest BCUT2D eigenvalue weighted by molar-refractivity contribution is -0.172. The van der Waals surface area contributed by atoms with Gasteiger partial charge in [-0.25, -0.2) is 0 Å². The molecule has 6 nitrogen and oxygen atoms in total. The van der Waals surface area contributed by atoms with Gasteiger partial charge in [-0.3, -0.25) is 14.4 Å². The Hall–Kier alpha value is -1.73. The Morgan fingerprint density at radius 3 is 2.36 bits per heavy atom. The molecule has 25 heavy (non-hydrogen) atoms. The summed E-state index contributed by atoms with van der Waals surface area (Å²) < 4.78 is 10.2. The van der Waals surface area contributed by atoms with E-state index in [9.17, 15) is 19.5 Å². The lowest BCUT2D eigenvalue weighted by atomic mass is 9.63. The van der Waals surface area contributed by atoms with Crippen LogP contribution in [0.1, 0.15) is 42.9 Å². The van der Waals surface area contributed by atoms with Crippen molar-refractivity contribution >= 4 is 29.1 Å². The van der Waals surface area contributed by atoms with Crippen molar-refractivity contribution in [1.82, 2.24) is 0 Å². The molecule has 1 aliphatic rings. The molecule has 0 saturated heterocycles. The van der Waals surface area contributed by atoms with Crippen LogP contribution in [-0.4, -0.2) is 41.6 Å². The fourth-order valence-corrected chi connectivity index (χ4v) is 4.51. The van der Waals surface area contributed by atoms with E-state index >= 15 is 0 Å². The lowest BCUT2D eigenvalue weighted by Crippen LogP contribution is -2.55. The molecule has 1 saturated carbocycles. The van der Waals surface area contributed by atoms with E-state index in [0.29, 0.717) is 4.88 Å². The highest BCUT2D eigenvalue weighted by atomic mass is 32.1. The number of hydrogen-bond donors (Lipinski definition) is 1. The summed E-state index contributed by atoms with van der Waals surface area (Å²) in [5.74, 6) is -4.61. The molecule has 138 valence electrons. The number of esters is 2. The highest BCUT2D eigenvalue weighted by molar-refractivity contribution is 7.12. The standard InChI is InChI=1S/C18H24O6S/c1-5-23-16(20)13-11(19)9-18(4,22)15(17(21)24-6-2)14(13)12-8-7-10(3)25-12/h7-8,13-15,22H,5-6,9H2,1-4H3/t13-,14+,15+,18+/m0/s1. The van der Waals surface area contributed by atoms with Crippen LogP contribution >= 0.6 is 11.3 Å². The van der Waals surface area contributed by atoms with Gasteiger partial charge in [-0.05, 0) is 39.8 Å². The van der Waals surface area contributed by atoms with Gasteiger partial charge < -0.3 is 14.6 Å². The van der Waals surface area contributed by atoms with Gasteiger partial charge in [-0.2, -0.15) is 0 Å². The molecule has 0 aromatic carbocycles. The smallest absolute Gasteiger partial charge is 0.317 e. The van der Waals surface area contributed by atoms with Gasteiger partial charge in [-0.15, -0.1) is 11.3 Å². The number of ether oxygens (including phenoxy) is 2. The average Bonchev–Trinajstić information content (AvgIpc) is 2.92. The molecule has 7 heteroatoms. The van der Waals surface area contributed by atoms with Crippen LogP contribution in [0.3, 0.4) is 0 Å². The number of carbonyl (C=O) groups is 3. The summed E-state index contributed by atoms with van der Waals surface area (Å²) in [6.07, 6.45) is -0.291. The van der Waals surface area contributed by atoms with E-state index in [1.165, 1.54) is 18.3 Å². The quantitative estimate of drug-likeness (QED) is 0.633. The predicted molar refractivity (Wildman–Crippen MR) is 92.3 cm³/mol. The molecule has 0 aliphatic heterocycles. The van der Waals surface area contributed by atoms with Gasteiger partial charge in [0, 0.05) is 22.1 Å². The Balaban J connectivity index is 2.56. The van der Waals surface area contributed by atoms with E-state index in [4.69, 9.17) is 9.47 Å². The Morgan fingerprint density at radius 1 is 1.24 bits per heavy atom. The van der Waals surface area contributed by atoms with Crippen LogP contribution in [0.25, 0.3) is 0 Å². The molecular formula is C18H24O6S. The summed E-state index contributed by atoms with van der Waals surface area (Å²) in [5, 5.41) is 10.8. The molecule has 1 heterocycles. The first-order chi connectivity index (χ1) is 11.7. The molecule has 0 spiro atoms. The van der Waals surface area contributed by atoms with Crippen molar-refractivity contribution in [2.45, 2.75) is 45.6 Å². The first-order valence-corrected chi connectivity index (χ1v) is 9.19. The summed E-state index contributed by atoms with van der Waals surface area (Å²) in [4.78, 5) is 39.4. The number of rotatable bonds is 5. The van der Waals surface area contributed by atoms with E-state index in [-0.39, 0.29) is 19.6 Å². The Morgan fingerprint density at radius 2 is 1.84 bits per heavy atom. The van der Waals surface area contributed by atoms with Crippen molar-refractivity contribution < 1.29 is 29.0 Å². The molecule has 2 rings (SSSR count). The third kappa shape index (κ3) is 3.93. The molecule has 4 atom stereocenters. The predicted octanol–water partition coefficient (Wildman–Crippen LogP) is 2.22. The summed E-state index contributed by atoms with van der Waals surface area (Å²) in [6.45, 7) is 6.97. The molecule has 1 fully saturated rings. The molecule has 0 radical (unpaired) electrons. The van der Waals surface area contributed by atoms with Crippen molar-refractivity contribution in [2.75, 3.05) is 13.2 Å². The summed E-state index contributed by atoms with van der Waals surface area (Å²) >= 11 is 1.40. The zero-order valence-electron chi connectivity index (χ0n) is 14.9. The summed E-state index contributed by atoms with van der Waals surface area (Å²) in [6, 6.07) is 3.65. The zero-order valence-corrected chi connectivity index (χ0v) is 15.7.